The van der Waals surface area contributed by atoms with E-state index in [9.17, 15) is 9.59 Å². The van der Waals surface area contributed by atoms with Gasteiger partial charge in [0.15, 0.2) is 0 Å². The van der Waals surface area contributed by atoms with Crippen LogP contribution >= 0.6 is 12.4 Å². The van der Waals surface area contributed by atoms with Gasteiger partial charge in [-0.05, 0) is 26.0 Å². The number of nitrogens with two attached hydrogens (primary N) is 1. The number of halogens is 1. The van der Waals surface area contributed by atoms with Crippen molar-refractivity contribution in [3.8, 4) is 5.75 Å². The van der Waals surface area contributed by atoms with Crippen LogP contribution in [0.3, 0.4) is 0 Å². The van der Waals surface area contributed by atoms with Gasteiger partial charge < -0.3 is 20.3 Å². The highest BCUT2D eigenvalue weighted by molar-refractivity contribution is 6.01. The fourth-order valence-corrected chi connectivity index (χ4v) is 2.73. The summed E-state index contributed by atoms with van der Waals surface area (Å²) in [5.41, 5.74) is 6.35. The molecule has 2 atom stereocenters. The molecular formula is C17H26ClN3O3. The van der Waals surface area contributed by atoms with E-state index in [1.165, 1.54) is 0 Å². The average Bonchev–Trinajstić information content (AvgIpc) is 2.95. The van der Waals surface area contributed by atoms with E-state index in [0.29, 0.717) is 25.4 Å². The largest absolute Gasteiger partial charge is 0.492 e. The normalized spacial score (nSPS) is 18.1. The SMILES string of the molecule is CCOc1ccccc1N1CC(C(=O)N(C)C(C)CN)CC1=O.Cl. The lowest BCUT2D eigenvalue weighted by molar-refractivity contribution is -0.136. The molecule has 2 N–H and O–H groups in total. The fraction of sp³-hybridized carbons (Fsp3) is 0.529. The Kier molecular flexibility index (Phi) is 7.51. The molecule has 1 aromatic rings. The number of hydrogen-bond acceptors (Lipinski definition) is 4. The maximum absolute atomic E-state index is 12.5. The Morgan fingerprint density at radius 3 is 2.75 bits per heavy atom. The van der Waals surface area contributed by atoms with E-state index in [-0.39, 0.29) is 42.6 Å². The number of rotatable bonds is 6. The third kappa shape index (κ3) is 4.19. The highest BCUT2D eigenvalue weighted by Gasteiger charge is 2.38. The lowest BCUT2D eigenvalue weighted by Crippen LogP contribution is -2.43. The molecule has 0 bridgehead atoms. The van der Waals surface area contributed by atoms with Crippen molar-refractivity contribution in [2.24, 2.45) is 11.7 Å². The van der Waals surface area contributed by atoms with Gasteiger partial charge in [-0.1, -0.05) is 12.1 Å². The predicted molar refractivity (Wildman–Crippen MR) is 96.6 cm³/mol. The van der Waals surface area contributed by atoms with Crippen LogP contribution < -0.4 is 15.4 Å². The van der Waals surface area contributed by atoms with E-state index in [1.807, 2.05) is 38.1 Å². The predicted octanol–water partition coefficient (Wildman–Crippen LogP) is 1.67. The van der Waals surface area contributed by atoms with Crippen molar-refractivity contribution in [1.29, 1.82) is 0 Å². The zero-order chi connectivity index (χ0) is 17.0. The minimum absolute atomic E-state index is 0. The third-order valence-electron chi connectivity index (χ3n) is 4.28. The number of benzene rings is 1. The van der Waals surface area contributed by atoms with Gasteiger partial charge in [0, 0.05) is 32.6 Å². The van der Waals surface area contributed by atoms with Gasteiger partial charge in [-0.15, -0.1) is 12.4 Å². The molecule has 6 nitrogen and oxygen atoms in total. The number of anilines is 1. The van der Waals surface area contributed by atoms with Crippen molar-refractivity contribution in [3.05, 3.63) is 24.3 Å². The van der Waals surface area contributed by atoms with E-state index < -0.39 is 0 Å². The van der Waals surface area contributed by atoms with Crippen LogP contribution in [0, 0.1) is 5.92 Å². The Hall–Kier alpha value is -1.79. The first-order chi connectivity index (χ1) is 11.0. The number of carbonyl (C=O) groups excluding carboxylic acids is 2. The Bertz CT molecular complexity index is 582. The molecule has 1 fully saturated rings. The molecule has 24 heavy (non-hydrogen) atoms. The minimum Gasteiger partial charge on any atom is -0.492 e. The number of hydrogen-bond donors (Lipinski definition) is 1. The molecule has 1 aliphatic rings. The zero-order valence-corrected chi connectivity index (χ0v) is 15.2. The van der Waals surface area contributed by atoms with E-state index >= 15 is 0 Å². The summed E-state index contributed by atoms with van der Waals surface area (Å²) in [7, 11) is 1.74. The molecule has 0 aromatic heterocycles. The maximum atomic E-state index is 12.5. The van der Waals surface area contributed by atoms with Gasteiger partial charge in [0.05, 0.1) is 18.2 Å². The highest BCUT2D eigenvalue weighted by atomic mass is 35.5. The first-order valence-corrected chi connectivity index (χ1v) is 7.98. The molecule has 1 saturated heterocycles. The number of likely N-dealkylation sites (N-methyl/N-ethyl adjacent to an activating group) is 1. The summed E-state index contributed by atoms with van der Waals surface area (Å²) in [4.78, 5) is 28.2. The van der Waals surface area contributed by atoms with Crippen molar-refractivity contribution >= 4 is 29.9 Å². The summed E-state index contributed by atoms with van der Waals surface area (Å²) >= 11 is 0. The third-order valence-corrected chi connectivity index (χ3v) is 4.28. The summed E-state index contributed by atoms with van der Waals surface area (Å²) < 4.78 is 5.59. The fourth-order valence-electron chi connectivity index (χ4n) is 2.73. The molecule has 7 heteroatoms. The molecular weight excluding hydrogens is 330 g/mol. The summed E-state index contributed by atoms with van der Waals surface area (Å²) in [6.07, 6.45) is 0.223. The Morgan fingerprint density at radius 2 is 2.12 bits per heavy atom. The van der Waals surface area contributed by atoms with Crippen LogP contribution in [-0.4, -0.2) is 49.5 Å². The second kappa shape index (κ2) is 8.89. The topological polar surface area (TPSA) is 75.9 Å². The average molecular weight is 356 g/mol. The van der Waals surface area contributed by atoms with Gasteiger partial charge in [-0.3, -0.25) is 9.59 Å². The van der Waals surface area contributed by atoms with Crippen LogP contribution in [0.25, 0.3) is 0 Å². The number of para-hydroxylation sites is 2. The maximum Gasteiger partial charge on any atom is 0.228 e. The monoisotopic (exact) mass is 355 g/mol. The van der Waals surface area contributed by atoms with Crippen LogP contribution in [0.15, 0.2) is 24.3 Å². The van der Waals surface area contributed by atoms with Gasteiger partial charge in [-0.2, -0.15) is 0 Å². The van der Waals surface area contributed by atoms with E-state index in [0.717, 1.165) is 5.69 Å². The molecule has 0 saturated carbocycles. The zero-order valence-electron chi connectivity index (χ0n) is 14.4. The second-order valence-electron chi connectivity index (χ2n) is 5.84. The lowest BCUT2D eigenvalue weighted by atomic mass is 10.1. The Balaban J connectivity index is 0.00000288. The summed E-state index contributed by atoms with van der Waals surface area (Å²) in [5, 5.41) is 0. The molecule has 0 spiro atoms. The Labute approximate surface area is 149 Å². The van der Waals surface area contributed by atoms with E-state index in [4.69, 9.17) is 10.5 Å². The summed E-state index contributed by atoms with van der Waals surface area (Å²) in [6, 6.07) is 7.38. The molecule has 2 amide bonds. The molecule has 1 heterocycles. The molecule has 134 valence electrons. The first kappa shape index (κ1) is 20.3. The van der Waals surface area contributed by atoms with E-state index in [1.54, 1.807) is 16.8 Å². The van der Waals surface area contributed by atoms with Crippen LogP contribution in [0.1, 0.15) is 20.3 Å². The minimum atomic E-state index is -0.337. The highest BCUT2D eigenvalue weighted by Crippen LogP contribution is 2.33. The van der Waals surface area contributed by atoms with Crippen LogP contribution in [-0.2, 0) is 9.59 Å². The molecule has 2 rings (SSSR count). The quantitative estimate of drug-likeness (QED) is 0.842. The van der Waals surface area contributed by atoms with Gasteiger partial charge in [0.25, 0.3) is 0 Å². The summed E-state index contributed by atoms with van der Waals surface area (Å²) in [6.45, 7) is 5.11. The molecule has 2 unspecified atom stereocenters. The molecule has 1 aromatic carbocycles. The first-order valence-electron chi connectivity index (χ1n) is 7.98. The second-order valence-corrected chi connectivity index (χ2v) is 5.84. The van der Waals surface area contributed by atoms with Gasteiger partial charge in [0.1, 0.15) is 5.75 Å². The smallest absolute Gasteiger partial charge is 0.228 e. The van der Waals surface area contributed by atoms with Crippen LogP contribution in [0.4, 0.5) is 5.69 Å². The molecule has 0 radical (unpaired) electrons. The Morgan fingerprint density at radius 1 is 1.46 bits per heavy atom. The van der Waals surface area contributed by atoms with Crippen molar-refractivity contribution < 1.29 is 14.3 Å². The lowest BCUT2D eigenvalue weighted by Gasteiger charge is -2.26. The molecule has 1 aliphatic heterocycles. The number of carbonyl (C=O) groups is 2. The van der Waals surface area contributed by atoms with Gasteiger partial charge >= 0.3 is 0 Å². The summed E-state index contributed by atoms with van der Waals surface area (Å²) in [5.74, 6) is 0.244. The van der Waals surface area contributed by atoms with Crippen molar-refractivity contribution in [3.63, 3.8) is 0 Å². The van der Waals surface area contributed by atoms with Crippen LogP contribution in [0.5, 0.6) is 5.75 Å². The van der Waals surface area contributed by atoms with Crippen molar-refractivity contribution in [2.75, 3.05) is 31.6 Å². The van der Waals surface area contributed by atoms with Crippen molar-refractivity contribution in [1.82, 2.24) is 4.90 Å². The number of ether oxygens (including phenoxy) is 1. The number of amides is 2. The van der Waals surface area contributed by atoms with Crippen molar-refractivity contribution in [2.45, 2.75) is 26.3 Å². The van der Waals surface area contributed by atoms with Crippen LogP contribution in [0.2, 0.25) is 0 Å². The molecule has 0 aliphatic carbocycles. The van der Waals surface area contributed by atoms with Gasteiger partial charge in [0.2, 0.25) is 11.8 Å². The number of nitrogens with zero attached hydrogens (tertiary/aromatic N) is 2. The van der Waals surface area contributed by atoms with E-state index in [2.05, 4.69) is 0 Å². The van der Waals surface area contributed by atoms with Gasteiger partial charge in [-0.25, -0.2) is 0 Å². The standard InChI is InChI=1S/C17H25N3O3.ClH/c1-4-23-15-8-6-5-7-14(15)20-11-13(9-16(20)21)17(22)19(3)12(2)10-18;/h5-8,12-13H,4,9-11,18H2,1-3H3;1H.